The molecule has 0 aliphatic carbocycles. The van der Waals surface area contributed by atoms with Crippen LogP contribution in [0.25, 0.3) is 16.8 Å². The number of aromatic nitrogens is 2. The Morgan fingerprint density at radius 3 is 2.55 bits per heavy atom. The quantitative estimate of drug-likeness (QED) is 0.440. The van der Waals surface area contributed by atoms with Gasteiger partial charge in [0.05, 0.1) is 16.8 Å². The van der Waals surface area contributed by atoms with Gasteiger partial charge in [-0.05, 0) is 30.2 Å². The fourth-order valence-corrected chi connectivity index (χ4v) is 2.64. The van der Waals surface area contributed by atoms with Crippen LogP contribution >= 0.6 is 11.6 Å². The number of hydrogen-bond donors (Lipinski definition) is 1. The molecule has 1 aromatic carbocycles. The molecule has 0 saturated carbocycles. The number of rotatable bonds is 3. The van der Waals surface area contributed by atoms with Crippen molar-refractivity contribution in [2.45, 2.75) is 13.8 Å². The van der Waals surface area contributed by atoms with Crippen LogP contribution in [0.1, 0.15) is 19.4 Å². The van der Waals surface area contributed by atoms with Gasteiger partial charge in [-0.3, -0.25) is 0 Å². The Bertz CT molecular complexity index is 835. The second-order valence-corrected chi connectivity index (χ2v) is 5.84. The number of benzene rings is 1. The molecule has 2 heterocycles. The monoisotopic (exact) mass is 313 g/mol. The van der Waals surface area contributed by atoms with Crippen molar-refractivity contribution in [3.63, 3.8) is 0 Å². The average molecular weight is 314 g/mol. The molecule has 22 heavy (non-hydrogen) atoms. The van der Waals surface area contributed by atoms with Gasteiger partial charge in [0.2, 0.25) is 0 Å². The van der Waals surface area contributed by atoms with Crippen molar-refractivity contribution in [3.05, 3.63) is 59.2 Å². The molecule has 0 saturated heterocycles. The molecule has 0 spiro atoms. The number of oxime groups is 1. The third-order valence-electron chi connectivity index (χ3n) is 3.57. The van der Waals surface area contributed by atoms with Gasteiger partial charge in [-0.1, -0.05) is 48.8 Å². The molecule has 0 radical (unpaired) electrons. The molecule has 3 rings (SSSR count). The standard InChI is InChI=1S/C17H16ClN3O/c1-11(2)16(20-22)15-14-5-3-4-10-21(14)19-17(15)12-6-8-13(18)9-7-12/h3-11,22H,1-2H3. The lowest BCUT2D eigenvalue weighted by Gasteiger charge is -2.09. The minimum Gasteiger partial charge on any atom is -0.411 e. The molecule has 0 atom stereocenters. The first-order valence-corrected chi connectivity index (χ1v) is 7.45. The van der Waals surface area contributed by atoms with E-state index in [9.17, 15) is 5.21 Å². The van der Waals surface area contributed by atoms with Crippen molar-refractivity contribution in [3.8, 4) is 11.3 Å². The van der Waals surface area contributed by atoms with E-state index in [0.29, 0.717) is 10.7 Å². The van der Waals surface area contributed by atoms with Crippen LogP contribution in [0.2, 0.25) is 5.02 Å². The fraction of sp³-hybridized carbons (Fsp3) is 0.176. The highest BCUT2D eigenvalue weighted by atomic mass is 35.5. The van der Waals surface area contributed by atoms with Gasteiger partial charge in [0.15, 0.2) is 0 Å². The van der Waals surface area contributed by atoms with Gasteiger partial charge in [-0.25, -0.2) is 4.52 Å². The van der Waals surface area contributed by atoms with Gasteiger partial charge in [-0.15, -0.1) is 0 Å². The normalized spacial score (nSPS) is 12.3. The smallest absolute Gasteiger partial charge is 0.103 e. The molecule has 1 N–H and O–H groups in total. The molecule has 2 aromatic heterocycles. The summed E-state index contributed by atoms with van der Waals surface area (Å²) in [5.41, 5.74) is 4.09. The first-order valence-electron chi connectivity index (χ1n) is 7.07. The molecular formula is C17H16ClN3O. The molecule has 0 amide bonds. The number of halogens is 1. The van der Waals surface area contributed by atoms with Crippen molar-refractivity contribution >= 4 is 22.8 Å². The Labute approximate surface area is 133 Å². The van der Waals surface area contributed by atoms with Crippen LogP contribution in [-0.2, 0) is 0 Å². The molecular weight excluding hydrogens is 298 g/mol. The summed E-state index contributed by atoms with van der Waals surface area (Å²) in [5, 5.41) is 18.3. The number of fused-ring (bicyclic) bond motifs is 1. The van der Waals surface area contributed by atoms with Crippen LogP contribution < -0.4 is 0 Å². The van der Waals surface area contributed by atoms with Gasteiger partial charge in [0.1, 0.15) is 5.69 Å². The van der Waals surface area contributed by atoms with Crippen LogP contribution in [0.5, 0.6) is 0 Å². The zero-order valence-electron chi connectivity index (χ0n) is 12.4. The molecule has 3 aromatic rings. The summed E-state index contributed by atoms with van der Waals surface area (Å²) in [5.74, 6) is 0.0734. The summed E-state index contributed by atoms with van der Waals surface area (Å²) in [6, 6.07) is 13.3. The van der Waals surface area contributed by atoms with Crippen molar-refractivity contribution in [2.75, 3.05) is 0 Å². The van der Waals surface area contributed by atoms with E-state index in [1.807, 2.05) is 62.5 Å². The van der Waals surface area contributed by atoms with Crippen LogP contribution in [0.4, 0.5) is 0 Å². The summed E-state index contributed by atoms with van der Waals surface area (Å²) in [7, 11) is 0. The predicted molar refractivity (Wildman–Crippen MR) is 88.8 cm³/mol. The third-order valence-corrected chi connectivity index (χ3v) is 3.82. The summed E-state index contributed by atoms with van der Waals surface area (Å²) in [6.07, 6.45) is 1.88. The minimum atomic E-state index is 0.0734. The first kappa shape index (κ1) is 14.6. The maximum Gasteiger partial charge on any atom is 0.103 e. The van der Waals surface area contributed by atoms with E-state index in [0.717, 1.165) is 22.3 Å². The maximum atomic E-state index is 9.47. The van der Waals surface area contributed by atoms with Gasteiger partial charge in [0.25, 0.3) is 0 Å². The Morgan fingerprint density at radius 1 is 1.18 bits per heavy atom. The highest BCUT2D eigenvalue weighted by molar-refractivity contribution is 6.30. The van der Waals surface area contributed by atoms with Crippen LogP contribution in [0.15, 0.2) is 53.8 Å². The van der Waals surface area contributed by atoms with Crippen LogP contribution in [0, 0.1) is 5.92 Å². The van der Waals surface area contributed by atoms with Crippen molar-refractivity contribution in [2.24, 2.45) is 11.1 Å². The molecule has 0 fully saturated rings. The molecule has 112 valence electrons. The third kappa shape index (κ3) is 2.46. The van der Waals surface area contributed by atoms with Crippen molar-refractivity contribution in [1.29, 1.82) is 0 Å². The lowest BCUT2D eigenvalue weighted by molar-refractivity contribution is 0.316. The highest BCUT2D eigenvalue weighted by Crippen LogP contribution is 2.29. The number of pyridine rings is 1. The Balaban J connectivity index is 2.32. The highest BCUT2D eigenvalue weighted by Gasteiger charge is 2.21. The van der Waals surface area contributed by atoms with Gasteiger partial charge in [-0.2, -0.15) is 5.10 Å². The predicted octanol–water partition coefficient (Wildman–Crippen LogP) is 4.49. The van der Waals surface area contributed by atoms with E-state index in [4.69, 9.17) is 11.6 Å². The Morgan fingerprint density at radius 2 is 1.91 bits per heavy atom. The second kappa shape index (κ2) is 5.81. The zero-order valence-corrected chi connectivity index (χ0v) is 13.1. The van der Waals surface area contributed by atoms with E-state index in [2.05, 4.69) is 10.3 Å². The van der Waals surface area contributed by atoms with Crippen LogP contribution in [0.3, 0.4) is 0 Å². The first-order chi connectivity index (χ1) is 10.6. The summed E-state index contributed by atoms with van der Waals surface area (Å²) < 4.78 is 1.80. The zero-order chi connectivity index (χ0) is 15.7. The molecule has 4 nitrogen and oxygen atoms in total. The van der Waals surface area contributed by atoms with Gasteiger partial charge >= 0.3 is 0 Å². The number of hydrogen-bond acceptors (Lipinski definition) is 3. The topological polar surface area (TPSA) is 49.9 Å². The van der Waals surface area contributed by atoms with Crippen molar-refractivity contribution < 1.29 is 5.21 Å². The van der Waals surface area contributed by atoms with E-state index in [-0.39, 0.29) is 5.92 Å². The van der Waals surface area contributed by atoms with E-state index in [1.165, 1.54) is 0 Å². The molecule has 0 unspecified atom stereocenters. The lowest BCUT2D eigenvalue weighted by atomic mass is 9.96. The Kier molecular flexibility index (Phi) is 3.86. The SMILES string of the molecule is CC(C)C(=NO)c1c(-c2ccc(Cl)cc2)nn2ccccc12. The fourth-order valence-electron chi connectivity index (χ4n) is 2.52. The largest absolute Gasteiger partial charge is 0.411 e. The minimum absolute atomic E-state index is 0.0734. The second-order valence-electron chi connectivity index (χ2n) is 5.40. The average Bonchev–Trinajstić information content (AvgIpc) is 2.88. The maximum absolute atomic E-state index is 9.47. The molecule has 0 bridgehead atoms. The van der Waals surface area contributed by atoms with E-state index >= 15 is 0 Å². The van der Waals surface area contributed by atoms with Gasteiger partial charge in [0, 0.05) is 16.8 Å². The van der Waals surface area contributed by atoms with E-state index in [1.54, 1.807) is 4.52 Å². The Hall–Kier alpha value is -2.33. The van der Waals surface area contributed by atoms with E-state index < -0.39 is 0 Å². The number of nitrogens with zero attached hydrogens (tertiary/aromatic N) is 3. The van der Waals surface area contributed by atoms with Crippen LogP contribution in [-0.4, -0.2) is 20.5 Å². The lowest BCUT2D eigenvalue weighted by Crippen LogP contribution is -2.10. The summed E-state index contributed by atoms with van der Waals surface area (Å²) in [4.78, 5) is 0. The molecule has 0 aliphatic heterocycles. The molecule has 5 heteroatoms. The van der Waals surface area contributed by atoms with Gasteiger partial charge < -0.3 is 5.21 Å². The summed E-state index contributed by atoms with van der Waals surface area (Å²) >= 11 is 5.97. The van der Waals surface area contributed by atoms with Crippen molar-refractivity contribution in [1.82, 2.24) is 9.61 Å². The summed E-state index contributed by atoms with van der Waals surface area (Å²) in [6.45, 7) is 3.99. The molecule has 0 aliphatic rings.